The average Bonchev–Trinajstić information content (AvgIpc) is 2.52. The van der Waals surface area contributed by atoms with Crippen LogP contribution in [0.2, 0.25) is 5.02 Å². The van der Waals surface area contributed by atoms with Gasteiger partial charge in [0.1, 0.15) is 5.75 Å². The molecule has 1 aromatic carbocycles. The van der Waals surface area contributed by atoms with Gasteiger partial charge in [0.05, 0.1) is 23.8 Å². The van der Waals surface area contributed by atoms with E-state index in [0.29, 0.717) is 34.7 Å². The minimum Gasteiger partial charge on any atom is -0.496 e. The molecule has 0 spiro atoms. The first kappa shape index (κ1) is 17.1. The van der Waals surface area contributed by atoms with E-state index in [2.05, 4.69) is 19.2 Å². The largest absolute Gasteiger partial charge is 0.496 e. The van der Waals surface area contributed by atoms with Gasteiger partial charge >= 0.3 is 0 Å². The van der Waals surface area contributed by atoms with E-state index in [9.17, 15) is 4.79 Å². The maximum atomic E-state index is 12.4. The highest BCUT2D eigenvalue weighted by atomic mass is 35.5. The number of nitrogens with one attached hydrogen (secondary N) is 1. The number of benzene rings is 1. The zero-order valence-corrected chi connectivity index (χ0v) is 14.2. The van der Waals surface area contributed by atoms with Gasteiger partial charge in [0, 0.05) is 19.1 Å². The summed E-state index contributed by atoms with van der Waals surface area (Å²) in [4.78, 5) is 12.4. The average molecular weight is 326 g/mol. The van der Waals surface area contributed by atoms with Gasteiger partial charge < -0.3 is 14.8 Å². The highest BCUT2D eigenvalue weighted by Gasteiger charge is 2.29. The molecule has 1 heterocycles. The van der Waals surface area contributed by atoms with Gasteiger partial charge in [-0.25, -0.2) is 0 Å². The molecule has 1 aromatic rings. The number of carbonyl (C=O) groups excluding carboxylic acids is 1. The molecule has 1 fully saturated rings. The van der Waals surface area contributed by atoms with Gasteiger partial charge in [-0.05, 0) is 30.9 Å². The van der Waals surface area contributed by atoms with Crippen molar-refractivity contribution in [3.05, 3.63) is 28.8 Å². The molecule has 1 amide bonds. The highest BCUT2D eigenvalue weighted by molar-refractivity contribution is 6.34. The van der Waals surface area contributed by atoms with Crippen LogP contribution in [0, 0.1) is 11.8 Å². The molecular weight excluding hydrogens is 302 g/mol. The van der Waals surface area contributed by atoms with Crippen LogP contribution in [0.3, 0.4) is 0 Å². The van der Waals surface area contributed by atoms with Crippen molar-refractivity contribution in [3.8, 4) is 5.75 Å². The molecule has 1 saturated heterocycles. The van der Waals surface area contributed by atoms with Crippen LogP contribution in [-0.4, -0.2) is 32.3 Å². The summed E-state index contributed by atoms with van der Waals surface area (Å²) in [6, 6.07) is 5.20. The molecule has 0 aliphatic carbocycles. The Bertz CT molecular complexity index is 519. The lowest BCUT2D eigenvalue weighted by Crippen LogP contribution is -2.41. The topological polar surface area (TPSA) is 47.6 Å². The number of methoxy groups -OCH3 is 1. The van der Waals surface area contributed by atoms with E-state index in [4.69, 9.17) is 21.1 Å². The molecule has 2 atom stereocenters. The van der Waals surface area contributed by atoms with Crippen LogP contribution in [0.4, 0.5) is 0 Å². The Kier molecular flexibility index (Phi) is 6.09. The summed E-state index contributed by atoms with van der Waals surface area (Å²) in [6.07, 6.45) is 2.31. The van der Waals surface area contributed by atoms with E-state index in [1.54, 1.807) is 18.2 Å². The third kappa shape index (κ3) is 3.93. The van der Waals surface area contributed by atoms with Crippen LogP contribution in [0.25, 0.3) is 0 Å². The molecule has 0 bridgehead atoms. The van der Waals surface area contributed by atoms with Gasteiger partial charge in [0.2, 0.25) is 0 Å². The molecule has 0 saturated carbocycles. The van der Waals surface area contributed by atoms with E-state index in [0.717, 1.165) is 19.4 Å². The minimum atomic E-state index is -0.199. The predicted molar refractivity (Wildman–Crippen MR) is 87.6 cm³/mol. The van der Waals surface area contributed by atoms with Crippen molar-refractivity contribution >= 4 is 17.5 Å². The second kappa shape index (κ2) is 7.84. The summed E-state index contributed by atoms with van der Waals surface area (Å²) in [5.41, 5.74) is 0.393. The fourth-order valence-electron chi connectivity index (χ4n) is 3.03. The molecule has 0 radical (unpaired) electrons. The van der Waals surface area contributed by atoms with Crippen LogP contribution in [0.5, 0.6) is 5.75 Å². The molecular formula is C17H24ClNO3. The van der Waals surface area contributed by atoms with Gasteiger partial charge in [-0.1, -0.05) is 31.5 Å². The van der Waals surface area contributed by atoms with Gasteiger partial charge in [-0.2, -0.15) is 0 Å². The predicted octanol–water partition coefficient (Wildman–Crippen LogP) is 3.53. The zero-order valence-electron chi connectivity index (χ0n) is 13.4. The van der Waals surface area contributed by atoms with E-state index < -0.39 is 0 Å². The van der Waals surface area contributed by atoms with Crippen LogP contribution in [-0.2, 0) is 4.74 Å². The third-order valence-electron chi connectivity index (χ3n) is 4.10. The number of halogens is 1. The van der Waals surface area contributed by atoms with Crippen LogP contribution in [0.15, 0.2) is 18.2 Å². The Morgan fingerprint density at radius 2 is 2.27 bits per heavy atom. The number of hydrogen-bond acceptors (Lipinski definition) is 3. The first-order valence-electron chi connectivity index (χ1n) is 7.77. The van der Waals surface area contributed by atoms with E-state index in [-0.39, 0.29) is 12.0 Å². The van der Waals surface area contributed by atoms with Crippen molar-refractivity contribution in [3.63, 3.8) is 0 Å². The molecule has 4 nitrogen and oxygen atoms in total. The van der Waals surface area contributed by atoms with Crippen molar-refractivity contribution in [2.45, 2.75) is 32.8 Å². The molecule has 122 valence electrons. The number of amides is 1. The third-order valence-corrected chi connectivity index (χ3v) is 4.41. The summed E-state index contributed by atoms with van der Waals surface area (Å²) in [5, 5.41) is 3.39. The zero-order chi connectivity index (χ0) is 16.1. The Labute approximate surface area is 137 Å². The summed E-state index contributed by atoms with van der Waals surface area (Å²) < 4.78 is 11.1. The summed E-state index contributed by atoms with van der Waals surface area (Å²) in [6.45, 7) is 5.71. The lowest BCUT2D eigenvalue weighted by atomic mass is 9.87. The van der Waals surface area contributed by atoms with Gasteiger partial charge in [-0.3, -0.25) is 4.79 Å². The van der Waals surface area contributed by atoms with E-state index in [1.165, 1.54) is 7.11 Å². The summed E-state index contributed by atoms with van der Waals surface area (Å²) in [5.74, 6) is 1.07. The lowest BCUT2D eigenvalue weighted by molar-refractivity contribution is -0.0510. The standard InChI is InChI=1S/C17H24ClNO3/c1-11(2)16-12(6-5-9-22-16)10-19-17(20)15-13(18)7-4-8-14(15)21-3/h4,7-8,11-12,16H,5-6,9-10H2,1-3H3,(H,19,20)/t12-,16-/m1/s1. The fraction of sp³-hybridized carbons (Fsp3) is 0.588. The molecule has 1 aliphatic heterocycles. The van der Waals surface area contributed by atoms with Gasteiger partial charge in [-0.15, -0.1) is 0 Å². The van der Waals surface area contributed by atoms with Crippen molar-refractivity contribution in [1.82, 2.24) is 5.32 Å². The van der Waals surface area contributed by atoms with Gasteiger partial charge in [0.15, 0.2) is 0 Å². The maximum absolute atomic E-state index is 12.4. The molecule has 1 N–H and O–H groups in total. The minimum absolute atomic E-state index is 0.196. The maximum Gasteiger partial charge on any atom is 0.256 e. The SMILES string of the molecule is COc1cccc(Cl)c1C(=O)NC[C@H]1CCCO[C@@H]1C(C)C. The van der Waals surface area contributed by atoms with Crippen LogP contribution in [0.1, 0.15) is 37.0 Å². The van der Waals surface area contributed by atoms with Gasteiger partial charge in [0.25, 0.3) is 5.91 Å². The number of ether oxygens (including phenoxy) is 2. The first-order chi connectivity index (χ1) is 10.5. The number of rotatable bonds is 5. The Hall–Kier alpha value is -1.26. The second-order valence-electron chi connectivity index (χ2n) is 6.01. The highest BCUT2D eigenvalue weighted by Crippen LogP contribution is 2.28. The second-order valence-corrected chi connectivity index (χ2v) is 6.42. The first-order valence-corrected chi connectivity index (χ1v) is 8.14. The van der Waals surface area contributed by atoms with E-state index >= 15 is 0 Å². The van der Waals surface area contributed by atoms with Crippen molar-refractivity contribution in [2.24, 2.45) is 11.8 Å². The smallest absolute Gasteiger partial charge is 0.256 e. The Morgan fingerprint density at radius 3 is 2.95 bits per heavy atom. The fourth-order valence-corrected chi connectivity index (χ4v) is 3.28. The van der Waals surface area contributed by atoms with E-state index in [1.807, 2.05) is 0 Å². The molecule has 1 aliphatic rings. The molecule has 0 aromatic heterocycles. The van der Waals surface area contributed by atoms with Crippen molar-refractivity contribution in [2.75, 3.05) is 20.3 Å². The lowest BCUT2D eigenvalue weighted by Gasteiger charge is -2.34. The monoisotopic (exact) mass is 325 g/mol. The molecule has 0 unspecified atom stereocenters. The Balaban J connectivity index is 2.03. The molecule has 2 rings (SSSR count). The Morgan fingerprint density at radius 1 is 1.50 bits per heavy atom. The van der Waals surface area contributed by atoms with Crippen LogP contribution < -0.4 is 10.1 Å². The van der Waals surface area contributed by atoms with Crippen molar-refractivity contribution in [1.29, 1.82) is 0 Å². The number of carbonyl (C=O) groups is 1. The summed E-state index contributed by atoms with van der Waals surface area (Å²) in [7, 11) is 1.53. The number of hydrogen-bond donors (Lipinski definition) is 1. The normalized spacial score (nSPS) is 21.7. The van der Waals surface area contributed by atoms with Crippen LogP contribution >= 0.6 is 11.6 Å². The molecule has 5 heteroatoms. The summed E-state index contributed by atoms with van der Waals surface area (Å²) >= 11 is 6.14. The van der Waals surface area contributed by atoms with Crippen molar-refractivity contribution < 1.29 is 14.3 Å². The molecule has 22 heavy (non-hydrogen) atoms. The quantitative estimate of drug-likeness (QED) is 0.901.